The Balaban J connectivity index is 2.17. The van der Waals surface area contributed by atoms with Gasteiger partial charge in [-0.2, -0.15) is 0 Å². The van der Waals surface area contributed by atoms with Crippen molar-refractivity contribution in [3.63, 3.8) is 0 Å². The van der Waals surface area contributed by atoms with Crippen LogP contribution in [0.2, 0.25) is 0 Å². The number of carbonyl (C=O) groups excluding carboxylic acids is 1. The van der Waals surface area contributed by atoms with Crippen molar-refractivity contribution in [1.82, 2.24) is 5.32 Å². The molecule has 0 bridgehead atoms. The lowest BCUT2D eigenvalue weighted by atomic mass is 10.0. The third-order valence-corrected chi connectivity index (χ3v) is 3.44. The van der Waals surface area contributed by atoms with Crippen molar-refractivity contribution < 1.29 is 13.9 Å². The van der Waals surface area contributed by atoms with E-state index in [1.165, 1.54) is 6.07 Å². The molecule has 1 saturated heterocycles. The molecule has 2 rings (SSSR count). The number of hydrogen-bond acceptors (Lipinski definition) is 2. The average molecular weight is 302 g/mol. The Morgan fingerprint density at radius 3 is 3.00 bits per heavy atom. The first kappa shape index (κ1) is 12.5. The molecule has 0 radical (unpaired) electrons. The van der Waals surface area contributed by atoms with Crippen molar-refractivity contribution in [2.75, 3.05) is 13.2 Å². The van der Waals surface area contributed by atoms with Crippen LogP contribution in [-0.2, 0) is 4.74 Å². The number of amides is 1. The Kier molecular flexibility index (Phi) is 3.49. The maximum Gasteiger partial charge on any atom is 0.254 e. The first-order chi connectivity index (χ1) is 8.02. The van der Waals surface area contributed by atoms with Gasteiger partial charge in [0.15, 0.2) is 0 Å². The standard InChI is InChI=1S/C12H13BrFNO2/c1-12(5-6-17-7-12)15-11(16)8-3-2-4-9(13)10(8)14/h2-4H,5-7H2,1H3,(H,15,16). The summed E-state index contributed by atoms with van der Waals surface area (Å²) in [5.41, 5.74) is -0.348. The molecule has 1 atom stereocenters. The highest BCUT2D eigenvalue weighted by atomic mass is 79.9. The van der Waals surface area contributed by atoms with Crippen LogP contribution in [0.5, 0.6) is 0 Å². The van der Waals surface area contributed by atoms with E-state index in [0.717, 1.165) is 6.42 Å². The van der Waals surface area contributed by atoms with Crippen molar-refractivity contribution in [2.45, 2.75) is 18.9 Å². The number of nitrogens with one attached hydrogen (secondary N) is 1. The molecule has 17 heavy (non-hydrogen) atoms. The number of benzene rings is 1. The topological polar surface area (TPSA) is 38.3 Å². The Bertz CT molecular complexity index is 444. The lowest BCUT2D eigenvalue weighted by molar-refractivity contribution is 0.0885. The van der Waals surface area contributed by atoms with Gasteiger partial charge in [-0.1, -0.05) is 6.07 Å². The molecule has 3 nitrogen and oxygen atoms in total. The van der Waals surface area contributed by atoms with Crippen molar-refractivity contribution in [3.8, 4) is 0 Å². The number of halogens is 2. The minimum atomic E-state index is -0.535. The summed E-state index contributed by atoms with van der Waals surface area (Å²) < 4.78 is 19.2. The molecule has 0 spiro atoms. The molecule has 0 saturated carbocycles. The average Bonchev–Trinajstić information content (AvgIpc) is 2.68. The second-order valence-electron chi connectivity index (χ2n) is 4.42. The highest BCUT2D eigenvalue weighted by Gasteiger charge is 2.32. The van der Waals surface area contributed by atoms with Crippen LogP contribution >= 0.6 is 15.9 Å². The quantitative estimate of drug-likeness (QED) is 0.911. The summed E-state index contributed by atoms with van der Waals surface area (Å²) in [6.45, 7) is 2.99. The molecule has 5 heteroatoms. The largest absolute Gasteiger partial charge is 0.379 e. The summed E-state index contributed by atoms with van der Waals surface area (Å²) in [6.07, 6.45) is 0.744. The smallest absolute Gasteiger partial charge is 0.254 e. The van der Waals surface area contributed by atoms with Gasteiger partial charge in [0.05, 0.1) is 22.2 Å². The molecular weight excluding hydrogens is 289 g/mol. The van der Waals surface area contributed by atoms with E-state index in [2.05, 4.69) is 21.2 Å². The second-order valence-corrected chi connectivity index (χ2v) is 5.27. The van der Waals surface area contributed by atoms with Crippen LogP contribution in [0.15, 0.2) is 22.7 Å². The molecule has 1 heterocycles. The number of ether oxygens (including phenoxy) is 1. The number of hydrogen-bond donors (Lipinski definition) is 1. The lowest BCUT2D eigenvalue weighted by Gasteiger charge is -2.23. The van der Waals surface area contributed by atoms with E-state index in [1.54, 1.807) is 12.1 Å². The van der Waals surface area contributed by atoms with Crippen LogP contribution in [0.25, 0.3) is 0 Å². The SMILES string of the molecule is CC1(NC(=O)c2cccc(Br)c2F)CCOC1. The summed E-state index contributed by atoms with van der Waals surface area (Å²) in [5, 5.41) is 2.81. The third-order valence-electron chi connectivity index (χ3n) is 2.83. The molecule has 1 fully saturated rings. The van der Waals surface area contributed by atoms with Gasteiger partial charge in [-0.25, -0.2) is 4.39 Å². The van der Waals surface area contributed by atoms with Crippen molar-refractivity contribution >= 4 is 21.8 Å². The minimum absolute atomic E-state index is 0.0486. The van der Waals surface area contributed by atoms with E-state index in [4.69, 9.17) is 4.74 Å². The normalized spacial score (nSPS) is 23.7. The van der Waals surface area contributed by atoms with Gasteiger partial charge in [0.25, 0.3) is 5.91 Å². The maximum atomic E-state index is 13.7. The Morgan fingerprint density at radius 2 is 2.35 bits per heavy atom. The van der Waals surface area contributed by atoms with E-state index < -0.39 is 17.3 Å². The van der Waals surface area contributed by atoms with Gasteiger partial charge in [-0.05, 0) is 41.4 Å². The van der Waals surface area contributed by atoms with Crippen LogP contribution in [0.4, 0.5) is 4.39 Å². The van der Waals surface area contributed by atoms with Crippen LogP contribution in [-0.4, -0.2) is 24.7 Å². The monoisotopic (exact) mass is 301 g/mol. The van der Waals surface area contributed by atoms with Crippen LogP contribution in [0.3, 0.4) is 0 Å². The van der Waals surface area contributed by atoms with Gasteiger partial charge in [0.2, 0.25) is 0 Å². The van der Waals surface area contributed by atoms with E-state index in [0.29, 0.717) is 13.2 Å². The fourth-order valence-electron chi connectivity index (χ4n) is 1.79. The van der Waals surface area contributed by atoms with Crippen LogP contribution in [0, 0.1) is 5.82 Å². The van der Waals surface area contributed by atoms with E-state index >= 15 is 0 Å². The molecular formula is C12H13BrFNO2. The molecule has 1 unspecified atom stereocenters. The minimum Gasteiger partial charge on any atom is -0.379 e. The fourth-order valence-corrected chi connectivity index (χ4v) is 2.15. The predicted octanol–water partition coefficient (Wildman–Crippen LogP) is 2.50. The van der Waals surface area contributed by atoms with Crippen molar-refractivity contribution in [3.05, 3.63) is 34.1 Å². The van der Waals surface area contributed by atoms with Gasteiger partial charge in [-0.15, -0.1) is 0 Å². The van der Waals surface area contributed by atoms with E-state index in [1.807, 2.05) is 6.92 Å². The van der Waals surface area contributed by atoms with Gasteiger partial charge in [0.1, 0.15) is 5.82 Å². The van der Waals surface area contributed by atoms with Gasteiger partial charge in [-0.3, -0.25) is 4.79 Å². The predicted molar refractivity (Wildman–Crippen MR) is 65.4 cm³/mol. The third kappa shape index (κ3) is 2.66. The Labute approximate surface area is 107 Å². The first-order valence-electron chi connectivity index (χ1n) is 5.36. The summed E-state index contributed by atoms with van der Waals surface area (Å²) in [5.74, 6) is -0.940. The zero-order valence-electron chi connectivity index (χ0n) is 9.43. The molecule has 0 aliphatic carbocycles. The van der Waals surface area contributed by atoms with Crippen LogP contribution in [0.1, 0.15) is 23.7 Å². The molecule has 1 aliphatic heterocycles. The van der Waals surface area contributed by atoms with Crippen LogP contribution < -0.4 is 5.32 Å². The Hall–Kier alpha value is -0.940. The van der Waals surface area contributed by atoms with Gasteiger partial charge in [0, 0.05) is 6.61 Å². The molecule has 92 valence electrons. The summed E-state index contributed by atoms with van der Waals surface area (Å²) in [7, 11) is 0. The lowest BCUT2D eigenvalue weighted by Crippen LogP contribution is -2.46. The van der Waals surface area contributed by atoms with Crippen molar-refractivity contribution in [1.29, 1.82) is 0 Å². The van der Waals surface area contributed by atoms with Crippen molar-refractivity contribution in [2.24, 2.45) is 0 Å². The Morgan fingerprint density at radius 1 is 1.59 bits per heavy atom. The zero-order chi connectivity index (χ0) is 12.5. The maximum absolute atomic E-state index is 13.7. The number of carbonyl (C=O) groups is 1. The summed E-state index contributed by atoms with van der Waals surface area (Å²) >= 11 is 3.06. The molecule has 1 amide bonds. The molecule has 1 aromatic carbocycles. The molecule has 0 aromatic heterocycles. The highest BCUT2D eigenvalue weighted by Crippen LogP contribution is 2.21. The summed E-state index contributed by atoms with van der Waals surface area (Å²) in [6, 6.07) is 4.66. The molecule has 1 N–H and O–H groups in total. The number of rotatable bonds is 2. The molecule has 1 aromatic rings. The zero-order valence-corrected chi connectivity index (χ0v) is 11.0. The van der Waals surface area contributed by atoms with Gasteiger partial charge >= 0.3 is 0 Å². The summed E-state index contributed by atoms with van der Waals surface area (Å²) in [4.78, 5) is 12.0. The first-order valence-corrected chi connectivity index (χ1v) is 6.15. The van der Waals surface area contributed by atoms with Gasteiger partial charge < -0.3 is 10.1 Å². The van der Waals surface area contributed by atoms with E-state index in [-0.39, 0.29) is 10.0 Å². The van der Waals surface area contributed by atoms with E-state index in [9.17, 15) is 9.18 Å². The second kappa shape index (κ2) is 4.74. The fraction of sp³-hybridized carbons (Fsp3) is 0.417. The highest BCUT2D eigenvalue weighted by molar-refractivity contribution is 9.10. The molecule has 1 aliphatic rings.